The van der Waals surface area contributed by atoms with E-state index in [0.29, 0.717) is 0 Å². The van der Waals surface area contributed by atoms with E-state index < -0.39 is 0 Å². The molecule has 0 aliphatic rings. The summed E-state index contributed by atoms with van der Waals surface area (Å²) in [5.74, 6) is 0. The van der Waals surface area contributed by atoms with Crippen molar-refractivity contribution in [2.24, 2.45) is 0 Å². The van der Waals surface area contributed by atoms with Gasteiger partial charge in [0.15, 0.2) is 0 Å². The maximum atomic E-state index is 2.19. The number of hydrogen-bond acceptors (Lipinski definition) is 0. The van der Waals surface area contributed by atoms with Gasteiger partial charge in [-0.2, -0.15) is 0 Å². The molecule has 0 saturated heterocycles. The molecule has 0 heterocycles. The van der Waals surface area contributed by atoms with E-state index >= 15 is 0 Å². The molecule has 2 rings (SSSR count). The van der Waals surface area contributed by atoms with Crippen LogP contribution in [0, 0.1) is 13.8 Å². The standard InChI is InChI=1S/C16H16/c1-13-5-3-7-15(11-13)9-10-16-8-4-6-14(2)12-16/h3-12H,1-2H3/b10-9+. The van der Waals surface area contributed by atoms with Crippen molar-refractivity contribution in [2.75, 3.05) is 0 Å². The van der Waals surface area contributed by atoms with Crippen molar-refractivity contribution in [3.05, 3.63) is 70.8 Å². The predicted octanol–water partition coefficient (Wildman–Crippen LogP) is 4.47. The predicted molar refractivity (Wildman–Crippen MR) is 71.3 cm³/mol. The average Bonchev–Trinajstić information content (AvgIpc) is 2.27. The van der Waals surface area contributed by atoms with E-state index in [9.17, 15) is 0 Å². The van der Waals surface area contributed by atoms with E-state index in [2.05, 4.69) is 74.5 Å². The first-order valence-electron chi connectivity index (χ1n) is 5.55. The van der Waals surface area contributed by atoms with Crippen LogP contribution in [-0.2, 0) is 0 Å². The second-order valence-electron chi connectivity index (χ2n) is 4.16. The van der Waals surface area contributed by atoms with Gasteiger partial charge in [-0.05, 0) is 25.0 Å². The zero-order valence-corrected chi connectivity index (χ0v) is 9.77. The SMILES string of the molecule is Cc1cccc(/C=C/c2cccc(C)c2)c1. The minimum atomic E-state index is 1.25. The first-order chi connectivity index (χ1) is 7.74. The molecule has 0 amide bonds. The molecule has 0 heteroatoms. The zero-order valence-electron chi connectivity index (χ0n) is 9.77. The minimum absolute atomic E-state index is 1.25. The highest BCUT2D eigenvalue weighted by Crippen LogP contribution is 2.11. The summed E-state index contributed by atoms with van der Waals surface area (Å²) in [5, 5.41) is 0. The highest BCUT2D eigenvalue weighted by Gasteiger charge is 1.89. The first kappa shape index (κ1) is 10.7. The summed E-state index contributed by atoms with van der Waals surface area (Å²) in [6.07, 6.45) is 4.31. The van der Waals surface area contributed by atoms with E-state index in [-0.39, 0.29) is 0 Å². The second kappa shape index (κ2) is 4.80. The molecule has 0 bridgehead atoms. The highest BCUT2D eigenvalue weighted by molar-refractivity contribution is 5.70. The maximum absolute atomic E-state index is 2.19. The van der Waals surface area contributed by atoms with Crippen molar-refractivity contribution in [1.82, 2.24) is 0 Å². The lowest BCUT2D eigenvalue weighted by atomic mass is 10.1. The second-order valence-corrected chi connectivity index (χ2v) is 4.16. The van der Waals surface area contributed by atoms with Crippen molar-refractivity contribution < 1.29 is 0 Å². The third kappa shape index (κ3) is 2.83. The summed E-state index contributed by atoms with van der Waals surface area (Å²) >= 11 is 0. The average molecular weight is 208 g/mol. The van der Waals surface area contributed by atoms with Gasteiger partial charge in [0.25, 0.3) is 0 Å². The van der Waals surface area contributed by atoms with Crippen molar-refractivity contribution in [1.29, 1.82) is 0 Å². The molecular weight excluding hydrogens is 192 g/mol. The van der Waals surface area contributed by atoms with Crippen LogP contribution in [0.1, 0.15) is 22.3 Å². The summed E-state index contributed by atoms with van der Waals surface area (Å²) in [5.41, 5.74) is 5.10. The third-order valence-corrected chi connectivity index (χ3v) is 2.55. The number of rotatable bonds is 2. The minimum Gasteiger partial charge on any atom is -0.0614 e. The highest BCUT2D eigenvalue weighted by atomic mass is 13.9. The Balaban J connectivity index is 2.21. The Hall–Kier alpha value is -1.82. The molecule has 0 aliphatic carbocycles. The summed E-state index contributed by atoms with van der Waals surface area (Å²) in [6.45, 7) is 4.23. The van der Waals surface area contributed by atoms with Crippen LogP contribution in [0.3, 0.4) is 0 Å². The first-order valence-corrected chi connectivity index (χ1v) is 5.55. The molecule has 0 fully saturated rings. The largest absolute Gasteiger partial charge is 0.0614 e. The lowest BCUT2D eigenvalue weighted by molar-refractivity contribution is 1.45. The molecule has 0 spiro atoms. The van der Waals surface area contributed by atoms with Crippen molar-refractivity contribution in [3.8, 4) is 0 Å². The van der Waals surface area contributed by atoms with Gasteiger partial charge < -0.3 is 0 Å². The van der Waals surface area contributed by atoms with Crippen molar-refractivity contribution in [2.45, 2.75) is 13.8 Å². The number of benzene rings is 2. The normalized spacial score (nSPS) is 10.9. The fourth-order valence-corrected chi connectivity index (χ4v) is 1.74. The Kier molecular flexibility index (Phi) is 3.21. The van der Waals surface area contributed by atoms with Gasteiger partial charge in [0.05, 0.1) is 0 Å². The molecule has 0 atom stereocenters. The molecule has 2 aromatic carbocycles. The van der Waals surface area contributed by atoms with Gasteiger partial charge in [-0.1, -0.05) is 71.8 Å². The monoisotopic (exact) mass is 208 g/mol. The van der Waals surface area contributed by atoms with Crippen LogP contribution < -0.4 is 0 Å². The van der Waals surface area contributed by atoms with E-state index in [1.54, 1.807) is 0 Å². The number of hydrogen-bond donors (Lipinski definition) is 0. The Bertz CT molecular complexity index is 459. The van der Waals surface area contributed by atoms with Crippen LogP contribution >= 0.6 is 0 Å². The molecule has 0 saturated carbocycles. The third-order valence-electron chi connectivity index (χ3n) is 2.55. The smallest absolute Gasteiger partial charge is 0.0254 e. The van der Waals surface area contributed by atoms with E-state index in [1.807, 2.05) is 0 Å². The lowest BCUT2D eigenvalue weighted by Crippen LogP contribution is -1.76. The van der Waals surface area contributed by atoms with E-state index in [4.69, 9.17) is 0 Å². The molecule has 0 aromatic heterocycles. The van der Waals surface area contributed by atoms with E-state index in [1.165, 1.54) is 22.3 Å². The molecule has 2 aromatic rings. The van der Waals surface area contributed by atoms with Gasteiger partial charge in [0, 0.05) is 0 Å². The molecular formula is C16H16. The van der Waals surface area contributed by atoms with Crippen molar-refractivity contribution >= 4 is 12.2 Å². The maximum Gasteiger partial charge on any atom is -0.0254 e. The van der Waals surface area contributed by atoms with Gasteiger partial charge in [0.2, 0.25) is 0 Å². The van der Waals surface area contributed by atoms with Crippen LogP contribution in [0.25, 0.3) is 12.2 Å². The molecule has 0 nitrogen and oxygen atoms in total. The fraction of sp³-hybridized carbons (Fsp3) is 0.125. The summed E-state index contributed by atoms with van der Waals surface area (Å²) in [7, 11) is 0. The van der Waals surface area contributed by atoms with Crippen LogP contribution in [0.2, 0.25) is 0 Å². The van der Waals surface area contributed by atoms with Gasteiger partial charge in [0.1, 0.15) is 0 Å². The van der Waals surface area contributed by atoms with Crippen molar-refractivity contribution in [3.63, 3.8) is 0 Å². The molecule has 16 heavy (non-hydrogen) atoms. The van der Waals surface area contributed by atoms with Gasteiger partial charge >= 0.3 is 0 Å². The van der Waals surface area contributed by atoms with Gasteiger partial charge in [-0.25, -0.2) is 0 Å². The zero-order chi connectivity index (χ0) is 11.4. The number of aryl methyl sites for hydroxylation is 2. The van der Waals surface area contributed by atoms with Gasteiger partial charge in [-0.3, -0.25) is 0 Å². The fourth-order valence-electron chi connectivity index (χ4n) is 1.74. The van der Waals surface area contributed by atoms with Crippen LogP contribution in [0.4, 0.5) is 0 Å². The Morgan fingerprint density at radius 2 is 1.12 bits per heavy atom. The molecule has 0 aliphatic heterocycles. The summed E-state index contributed by atoms with van der Waals surface area (Å²) < 4.78 is 0. The molecule has 0 N–H and O–H groups in total. The Labute approximate surface area is 97.3 Å². The Morgan fingerprint density at radius 1 is 0.688 bits per heavy atom. The molecule has 0 radical (unpaired) electrons. The van der Waals surface area contributed by atoms with Gasteiger partial charge in [-0.15, -0.1) is 0 Å². The van der Waals surface area contributed by atoms with Crippen LogP contribution in [-0.4, -0.2) is 0 Å². The van der Waals surface area contributed by atoms with Crippen LogP contribution in [0.15, 0.2) is 48.5 Å². The molecule has 80 valence electrons. The summed E-state index contributed by atoms with van der Waals surface area (Å²) in [4.78, 5) is 0. The Morgan fingerprint density at radius 3 is 1.50 bits per heavy atom. The van der Waals surface area contributed by atoms with E-state index in [0.717, 1.165) is 0 Å². The lowest BCUT2D eigenvalue weighted by Gasteiger charge is -1.97. The quantitative estimate of drug-likeness (QED) is 0.638. The van der Waals surface area contributed by atoms with Crippen LogP contribution in [0.5, 0.6) is 0 Å². The topological polar surface area (TPSA) is 0 Å². The summed E-state index contributed by atoms with van der Waals surface area (Å²) in [6, 6.07) is 17.0. The molecule has 0 unspecified atom stereocenters.